The third-order valence-electron chi connectivity index (χ3n) is 7.13. The molecule has 2 rings (SSSR count). The van der Waals surface area contributed by atoms with E-state index in [1.165, 1.54) is 126 Å². The van der Waals surface area contributed by atoms with Crippen molar-refractivity contribution in [1.29, 1.82) is 0 Å². The highest BCUT2D eigenvalue weighted by Gasteiger charge is 2.10. The second-order valence-electron chi connectivity index (χ2n) is 9.81. The van der Waals surface area contributed by atoms with Crippen molar-refractivity contribution in [2.24, 2.45) is 0 Å². The summed E-state index contributed by atoms with van der Waals surface area (Å²) in [5.74, 6) is 0. The van der Waals surface area contributed by atoms with Gasteiger partial charge in [-0.25, -0.2) is 0 Å². The Labute approximate surface area is 194 Å². The van der Waals surface area contributed by atoms with Crippen molar-refractivity contribution in [2.45, 2.75) is 136 Å². The average Bonchev–Trinajstić information content (AvgIpc) is 2.79. The van der Waals surface area contributed by atoms with Crippen molar-refractivity contribution in [1.82, 2.24) is 0 Å². The van der Waals surface area contributed by atoms with Crippen LogP contribution in [0.25, 0.3) is 10.8 Å². The number of hydrogen-bond acceptors (Lipinski definition) is 0. The number of rotatable bonds is 18. The summed E-state index contributed by atoms with van der Waals surface area (Å²) >= 11 is 0. The summed E-state index contributed by atoms with van der Waals surface area (Å²) in [6.45, 7) is 7.00. The van der Waals surface area contributed by atoms with Crippen LogP contribution in [-0.4, -0.2) is 0 Å². The molecule has 0 bridgehead atoms. The quantitative estimate of drug-likeness (QED) is 0.209. The van der Waals surface area contributed by atoms with E-state index >= 15 is 0 Å². The van der Waals surface area contributed by atoms with Gasteiger partial charge in [0.25, 0.3) is 0 Å². The molecule has 0 spiro atoms. The maximum atomic E-state index is 2.49. The number of aryl methyl sites for hydroxylation is 2. The molecular weight excluding hydrogens is 372 g/mol. The molecule has 0 heteroatoms. The largest absolute Gasteiger partial charge is 0.0654 e. The van der Waals surface area contributed by atoms with Crippen LogP contribution in [0.15, 0.2) is 30.3 Å². The van der Waals surface area contributed by atoms with Gasteiger partial charge in [0, 0.05) is 0 Å². The molecule has 174 valence electrons. The Morgan fingerprint density at radius 3 is 1.61 bits per heavy atom. The van der Waals surface area contributed by atoms with Crippen LogP contribution in [-0.2, 0) is 12.8 Å². The summed E-state index contributed by atoms with van der Waals surface area (Å²) in [5.41, 5.74) is 4.84. The van der Waals surface area contributed by atoms with Gasteiger partial charge in [0.15, 0.2) is 0 Å². The molecule has 0 saturated carbocycles. The first-order chi connectivity index (χ1) is 15.3. The number of hydrogen-bond donors (Lipinski definition) is 0. The molecule has 0 atom stereocenters. The summed E-state index contributed by atoms with van der Waals surface area (Å²) in [7, 11) is 0. The molecule has 0 amide bonds. The summed E-state index contributed by atoms with van der Waals surface area (Å²) in [6.07, 6.45) is 25.0. The Hall–Kier alpha value is -1.30. The van der Waals surface area contributed by atoms with Gasteiger partial charge in [0.1, 0.15) is 0 Å². The van der Waals surface area contributed by atoms with E-state index in [1.54, 1.807) is 16.7 Å². The maximum Gasteiger partial charge on any atom is -0.0149 e. The summed E-state index contributed by atoms with van der Waals surface area (Å²) < 4.78 is 0. The lowest BCUT2D eigenvalue weighted by molar-refractivity contribution is 0.573. The zero-order valence-electron chi connectivity index (χ0n) is 21.1. The summed E-state index contributed by atoms with van der Waals surface area (Å²) in [5, 5.41) is 2.96. The lowest BCUT2D eigenvalue weighted by Gasteiger charge is -2.16. The van der Waals surface area contributed by atoms with Gasteiger partial charge in [0.2, 0.25) is 0 Å². The average molecular weight is 423 g/mol. The fraction of sp³-hybridized carbons (Fsp3) is 0.677. The van der Waals surface area contributed by atoms with E-state index in [2.05, 4.69) is 51.1 Å². The Balaban J connectivity index is 1.84. The van der Waals surface area contributed by atoms with Gasteiger partial charge in [-0.2, -0.15) is 0 Å². The zero-order valence-corrected chi connectivity index (χ0v) is 21.1. The molecule has 0 aliphatic rings. The number of benzene rings is 2. The molecule has 0 unspecified atom stereocenters. The molecule has 2 aromatic rings. The second kappa shape index (κ2) is 16.3. The Bertz CT molecular complexity index is 711. The minimum atomic E-state index is 1.26. The van der Waals surface area contributed by atoms with E-state index in [-0.39, 0.29) is 0 Å². The molecule has 0 radical (unpaired) electrons. The molecule has 0 N–H and O–H groups in total. The highest BCUT2D eigenvalue weighted by Crippen LogP contribution is 2.29. The topological polar surface area (TPSA) is 0 Å². The van der Waals surface area contributed by atoms with Crippen molar-refractivity contribution in [3.05, 3.63) is 47.0 Å². The first kappa shape index (κ1) is 26.0. The van der Waals surface area contributed by atoms with E-state index in [9.17, 15) is 0 Å². The molecule has 0 aliphatic heterocycles. The van der Waals surface area contributed by atoms with Crippen molar-refractivity contribution >= 4 is 10.8 Å². The third-order valence-corrected chi connectivity index (χ3v) is 7.13. The summed E-state index contributed by atoms with van der Waals surface area (Å²) in [6, 6.07) is 11.6. The first-order valence-electron chi connectivity index (χ1n) is 13.8. The molecule has 0 aromatic heterocycles. The molecule has 0 fully saturated rings. The molecule has 31 heavy (non-hydrogen) atoms. The molecule has 0 heterocycles. The van der Waals surface area contributed by atoms with Crippen LogP contribution in [0.2, 0.25) is 0 Å². The molecule has 0 aliphatic carbocycles. The van der Waals surface area contributed by atoms with Gasteiger partial charge >= 0.3 is 0 Å². The monoisotopic (exact) mass is 422 g/mol. The summed E-state index contributed by atoms with van der Waals surface area (Å²) in [4.78, 5) is 0. The van der Waals surface area contributed by atoms with E-state index < -0.39 is 0 Å². The van der Waals surface area contributed by atoms with Gasteiger partial charge in [0.05, 0.1) is 0 Å². The number of fused-ring (bicyclic) bond motifs is 1. The van der Waals surface area contributed by atoms with E-state index in [0.717, 1.165) is 0 Å². The normalized spacial score (nSPS) is 11.5. The van der Waals surface area contributed by atoms with Crippen molar-refractivity contribution in [2.75, 3.05) is 0 Å². The standard InChI is InChI=1S/C31H50/c1-4-6-8-10-12-14-16-18-22-28-26-29-23-20-21-25-31(29)30(27(28)3)24-19-17-15-13-11-9-7-5-2/h20-21,23,25-26H,4-19,22,24H2,1-3H3. The fourth-order valence-electron chi connectivity index (χ4n) is 5.06. The van der Waals surface area contributed by atoms with Gasteiger partial charge in [-0.15, -0.1) is 0 Å². The number of unbranched alkanes of at least 4 members (excludes halogenated alkanes) is 14. The van der Waals surface area contributed by atoms with Gasteiger partial charge in [-0.3, -0.25) is 0 Å². The fourth-order valence-corrected chi connectivity index (χ4v) is 5.06. The Morgan fingerprint density at radius 1 is 0.548 bits per heavy atom. The highest BCUT2D eigenvalue weighted by molar-refractivity contribution is 5.87. The van der Waals surface area contributed by atoms with Crippen LogP contribution in [0.3, 0.4) is 0 Å². The van der Waals surface area contributed by atoms with Crippen molar-refractivity contribution in [3.8, 4) is 0 Å². The van der Waals surface area contributed by atoms with Crippen LogP contribution in [0, 0.1) is 6.92 Å². The molecule has 0 nitrogen and oxygen atoms in total. The Kier molecular flexibility index (Phi) is 13.7. The predicted octanol–water partition coefficient (Wildman–Crippen LogP) is 10.5. The van der Waals surface area contributed by atoms with Crippen LogP contribution in [0.1, 0.15) is 133 Å². The molecule has 0 saturated heterocycles. The second-order valence-corrected chi connectivity index (χ2v) is 9.81. The van der Waals surface area contributed by atoms with E-state index in [1.807, 2.05) is 0 Å². The van der Waals surface area contributed by atoms with Gasteiger partial charge in [-0.1, -0.05) is 134 Å². The Morgan fingerprint density at radius 2 is 1.03 bits per heavy atom. The molecular formula is C31H50. The lowest BCUT2D eigenvalue weighted by atomic mass is 9.89. The maximum absolute atomic E-state index is 2.49. The lowest BCUT2D eigenvalue weighted by Crippen LogP contribution is -1.99. The van der Waals surface area contributed by atoms with Crippen LogP contribution < -0.4 is 0 Å². The van der Waals surface area contributed by atoms with Crippen LogP contribution in [0.5, 0.6) is 0 Å². The van der Waals surface area contributed by atoms with E-state index in [0.29, 0.717) is 0 Å². The van der Waals surface area contributed by atoms with Crippen LogP contribution >= 0.6 is 0 Å². The minimum Gasteiger partial charge on any atom is -0.0654 e. The van der Waals surface area contributed by atoms with Crippen molar-refractivity contribution < 1.29 is 0 Å². The zero-order chi connectivity index (χ0) is 22.2. The van der Waals surface area contributed by atoms with Gasteiger partial charge in [-0.05, 0) is 60.1 Å². The van der Waals surface area contributed by atoms with Crippen LogP contribution in [0.4, 0.5) is 0 Å². The minimum absolute atomic E-state index is 1.26. The third kappa shape index (κ3) is 9.80. The SMILES string of the molecule is CCCCCCCCCCc1cc2ccccc2c(CCCCCCCCCC)c1C. The van der Waals surface area contributed by atoms with Crippen molar-refractivity contribution in [3.63, 3.8) is 0 Å². The molecule has 2 aromatic carbocycles. The highest BCUT2D eigenvalue weighted by atomic mass is 14.1. The van der Waals surface area contributed by atoms with E-state index in [4.69, 9.17) is 0 Å². The predicted molar refractivity (Wildman–Crippen MR) is 141 cm³/mol. The first-order valence-corrected chi connectivity index (χ1v) is 13.8. The van der Waals surface area contributed by atoms with Gasteiger partial charge < -0.3 is 0 Å². The smallest absolute Gasteiger partial charge is 0.0149 e.